The van der Waals surface area contributed by atoms with Gasteiger partial charge in [-0.2, -0.15) is 4.31 Å². The van der Waals surface area contributed by atoms with E-state index in [1.165, 1.54) is 16.4 Å². The third-order valence-corrected chi connectivity index (χ3v) is 5.40. The van der Waals surface area contributed by atoms with Crippen molar-refractivity contribution in [3.63, 3.8) is 0 Å². The number of rotatable bonds is 10. The molecular formula is C14H23N3O5S. The van der Waals surface area contributed by atoms with Crippen molar-refractivity contribution in [1.82, 2.24) is 4.31 Å². The van der Waals surface area contributed by atoms with Gasteiger partial charge in [-0.15, -0.1) is 0 Å². The van der Waals surface area contributed by atoms with E-state index in [4.69, 9.17) is 4.74 Å². The Labute approximate surface area is 136 Å². The third-order valence-electron chi connectivity index (χ3n) is 3.35. The zero-order valence-electron chi connectivity index (χ0n) is 13.6. The van der Waals surface area contributed by atoms with Crippen molar-refractivity contribution in [2.75, 3.05) is 38.7 Å². The van der Waals surface area contributed by atoms with Gasteiger partial charge in [0.25, 0.3) is 5.69 Å². The second-order valence-corrected chi connectivity index (χ2v) is 6.74. The van der Waals surface area contributed by atoms with Gasteiger partial charge in [-0.1, -0.05) is 13.8 Å². The molecular weight excluding hydrogens is 322 g/mol. The average Bonchev–Trinajstić information content (AvgIpc) is 2.52. The Hall–Kier alpha value is -1.71. The monoisotopic (exact) mass is 345 g/mol. The molecule has 1 aromatic carbocycles. The molecule has 0 aromatic heterocycles. The van der Waals surface area contributed by atoms with Crippen LogP contribution < -0.4 is 5.32 Å². The molecule has 0 aliphatic heterocycles. The highest BCUT2D eigenvalue weighted by molar-refractivity contribution is 7.89. The first-order valence-corrected chi connectivity index (χ1v) is 8.83. The molecule has 8 nitrogen and oxygen atoms in total. The van der Waals surface area contributed by atoms with E-state index in [1.807, 2.05) is 0 Å². The smallest absolute Gasteiger partial charge is 0.293 e. The van der Waals surface area contributed by atoms with Crippen LogP contribution in [-0.4, -0.2) is 51.0 Å². The Morgan fingerprint density at radius 3 is 2.48 bits per heavy atom. The summed E-state index contributed by atoms with van der Waals surface area (Å²) >= 11 is 0. The number of methoxy groups -OCH3 is 1. The van der Waals surface area contributed by atoms with Crippen LogP contribution in [0.3, 0.4) is 0 Å². The lowest BCUT2D eigenvalue weighted by Crippen LogP contribution is -2.30. The van der Waals surface area contributed by atoms with Gasteiger partial charge >= 0.3 is 0 Å². The van der Waals surface area contributed by atoms with Crippen LogP contribution in [0.5, 0.6) is 0 Å². The minimum Gasteiger partial charge on any atom is -0.385 e. The molecule has 9 heteroatoms. The van der Waals surface area contributed by atoms with E-state index < -0.39 is 14.9 Å². The number of anilines is 1. The molecule has 0 saturated carbocycles. The van der Waals surface area contributed by atoms with Gasteiger partial charge in [0.15, 0.2) is 0 Å². The molecule has 0 aliphatic rings. The summed E-state index contributed by atoms with van der Waals surface area (Å²) in [6.45, 7) is 5.10. The molecule has 0 spiro atoms. The Balaban J connectivity index is 3.10. The van der Waals surface area contributed by atoms with Crippen molar-refractivity contribution >= 4 is 21.4 Å². The lowest BCUT2D eigenvalue weighted by Gasteiger charge is -2.18. The van der Waals surface area contributed by atoms with Crippen LogP contribution in [-0.2, 0) is 14.8 Å². The lowest BCUT2D eigenvalue weighted by molar-refractivity contribution is -0.384. The summed E-state index contributed by atoms with van der Waals surface area (Å²) in [5.74, 6) is 0. The number of hydrogen-bond acceptors (Lipinski definition) is 6. The van der Waals surface area contributed by atoms with E-state index >= 15 is 0 Å². The third kappa shape index (κ3) is 4.88. The fourth-order valence-electron chi connectivity index (χ4n) is 2.12. The van der Waals surface area contributed by atoms with Gasteiger partial charge in [0.1, 0.15) is 5.69 Å². The maximum absolute atomic E-state index is 12.4. The van der Waals surface area contributed by atoms with E-state index in [2.05, 4.69) is 5.32 Å². The van der Waals surface area contributed by atoms with Gasteiger partial charge < -0.3 is 10.1 Å². The first kappa shape index (κ1) is 19.3. The predicted octanol–water partition coefficient (Wildman–Crippen LogP) is 2.07. The summed E-state index contributed by atoms with van der Waals surface area (Å²) < 4.78 is 31.1. The first-order chi connectivity index (χ1) is 10.9. The first-order valence-electron chi connectivity index (χ1n) is 7.39. The van der Waals surface area contributed by atoms with Crippen LogP contribution in [0.25, 0.3) is 0 Å². The van der Waals surface area contributed by atoms with Gasteiger partial charge in [-0.3, -0.25) is 10.1 Å². The van der Waals surface area contributed by atoms with Crippen LogP contribution in [0.2, 0.25) is 0 Å². The molecule has 1 aromatic rings. The Morgan fingerprint density at radius 1 is 1.30 bits per heavy atom. The van der Waals surface area contributed by atoms with Gasteiger partial charge in [0, 0.05) is 39.4 Å². The summed E-state index contributed by atoms with van der Waals surface area (Å²) in [5, 5.41) is 14.2. The standard InChI is InChI=1S/C14H23N3O5S/c1-4-16(5-2)23(20,21)12-7-8-13(14(11-12)17(18)19)15-9-6-10-22-3/h7-8,11,15H,4-6,9-10H2,1-3H3. The summed E-state index contributed by atoms with van der Waals surface area (Å²) in [4.78, 5) is 10.6. The van der Waals surface area contributed by atoms with Gasteiger partial charge in [-0.25, -0.2) is 8.42 Å². The quantitative estimate of drug-likeness (QED) is 0.396. The van der Waals surface area contributed by atoms with E-state index in [0.29, 0.717) is 38.3 Å². The van der Waals surface area contributed by atoms with Crippen molar-refractivity contribution in [2.45, 2.75) is 25.2 Å². The molecule has 0 atom stereocenters. The van der Waals surface area contributed by atoms with Gasteiger partial charge in [-0.05, 0) is 18.6 Å². The molecule has 1 N–H and O–H groups in total. The van der Waals surface area contributed by atoms with Crippen LogP contribution in [0.4, 0.5) is 11.4 Å². The Kier molecular flexibility index (Phi) is 7.40. The van der Waals surface area contributed by atoms with Crippen LogP contribution in [0, 0.1) is 10.1 Å². The summed E-state index contributed by atoms with van der Waals surface area (Å²) in [6, 6.07) is 3.92. The van der Waals surface area contributed by atoms with Crippen molar-refractivity contribution in [3.05, 3.63) is 28.3 Å². The molecule has 1 rings (SSSR count). The van der Waals surface area contributed by atoms with Crippen molar-refractivity contribution < 1.29 is 18.1 Å². The normalized spacial score (nSPS) is 11.7. The molecule has 0 unspecified atom stereocenters. The maximum atomic E-state index is 12.4. The van der Waals surface area contributed by atoms with Crippen LogP contribution >= 0.6 is 0 Å². The van der Waals surface area contributed by atoms with Crippen molar-refractivity contribution in [2.24, 2.45) is 0 Å². The fourth-order valence-corrected chi connectivity index (χ4v) is 3.60. The number of sulfonamides is 1. The minimum atomic E-state index is -3.72. The molecule has 0 saturated heterocycles. The van der Waals surface area contributed by atoms with Gasteiger partial charge in [0.2, 0.25) is 10.0 Å². The molecule has 0 bridgehead atoms. The molecule has 0 amide bonds. The Bertz CT molecular complexity index is 629. The predicted molar refractivity (Wildman–Crippen MR) is 88.2 cm³/mol. The average molecular weight is 345 g/mol. The summed E-state index contributed by atoms with van der Waals surface area (Å²) in [5.41, 5.74) is 0.0419. The molecule has 23 heavy (non-hydrogen) atoms. The maximum Gasteiger partial charge on any atom is 0.293 e. The highest BCUT2D eigenvalue weighted by Gasteiger charge is 2.25. The number of hydrogen-bond donors (Lipinski definition) is 1. The number of nitro groups is 1. The fraction of sp³-hybridized carbons (Fsp3) is 0.571. The zero-order chi connectivity index (χ0) is 17.5. The van der Waals surface area contributed by atoms with E-state index in [9.17, 15) is 18.5 Å². The number of nitrogens with one attached hydrogen (secondary N) is 1. The lowest BCUT2D eigenvalue weighted by atomic mass is 10.2. The number of nitro benzene ring substituents is 1. The molecule has 0 heterocycles. The highest BCUT2D eigenvalue weighted by atomic mass is 32.2. The minimum absolute atomic E-state index is 0.0738. The second-order valence-electron chi connectivity index (χ2n) is 4.80. The molecule has 0 radical (unpaired) electrons. The topological polar surface area (TPSA) is 102 Å². The van der Waals surface area contributed by atoms with E-state index in [-0.39, 0.29) is 10.6 Å². The van der Waals surface area contributed by atoms with Crippen LogP contribution in [0.1, 0.15) is 20.3 Å². The van der Waals surface area contributed by atoms with Crippen molar-refractivity contribution in [1.29, 1.82) is 0 Å². The largest absolute Gasteiger partial charge is 0.385 e. The zero-order valence-corrected chi connectivity index (χ0v) is 14.4. The van der Waals surface area contributed by atoms with Crippen LogP contribution in [0.15, 0.2) is 23.1 Å². The molecule has 130 valence electrons. The van der Waals surface area contributed by atoms with E-state index in [1.54, 1.807) is 21.0 Å². The Morgan fingerprint density at radius 2 is 1.96 bits per heavy atom. The molecule has 0 fully saturated rings. The summed E-state index contributed by atoms with van der Waals surface area (Å²) in [7, 11) is -2.14. The van der Waals surface area contributed by atoms with E-state index in [0.717, 1.165) is 6.07 Å². The number of ether oxygens (including phenoxy) is 1. The SMILES string of the molecule is CCN(CC)S(=O)(=O)c1ccc(NCCCOC)c([N+](=O)[O-])c1. The van der Waals surface area contributed by atoms with Crippen molar-refractivity contribution in [3.8, 4) is 0 Å². The highest BCUT2D eigenvalue weighted by Crippen LogP contribution is 2.28. The number of benzene rings is 1. The van der Waals surface area contributed by atoms with Gasteiger partial charge in [0.05, 0.1) is 9.82 Å². The number of nitrogens with zero attached hydrogens (tertiary/aromatic N) is 2. The second kappa shape index (κ2) is 8.80. The summed E-state index contributed by atoms with van der Waals surface area (Å²) in [6.07, 6.45) is 0.688. The molecule has 0 aliphatic carbocycles.